The van der Waals surface area contributed by atoms with E-state index in [1.54, 1.807) is 0 Å². The lowest BCUT2D eigenvalue weighted by molar-refractivity contribution is 0.0941. The number of likely N-dealkylation sites (N-methyl/N-ethyl adjacent to an activating group) is 1. The molecule has 2 aromatic rings. The Hall–Kier alpha value is -1.65. The number of benzene rings is 2. The minimum Gasteiger partial charge on any atom is -0.350 e. The van der Waals surface area contributed by atoms with Crippen molar-refractivity contribution in [3.63, 3.8) is 0 Å². The van der Waals surface area contributed by atoms with Crippen molar-refractivity contribution >= 4 is 21.8 Å². The van der Waals surface area contributed by atoms with Gasteiger partial charge in [0.2, 0.25) is 0 Å². The van der Waals surface area contributed by atoms with Crippen LogP contribution in [0.5, 0.6) is 0 Å². The summed E-state index contributed by atoms with van der Waals surface area (Å²) >= 11 is 3.41. The third-order valence-corrected chi connectivity index (χ3v) is 4.35. The van der Waals surface area contributed by atoms with Gasteiger partial charge in [-0.25, -0.2) is 0 Å². The number of rotatable bonds is 5. The lowest BCUT2D eigenvalue weighted by Gasteiger charge is -2.25. The topological polar surface area (TPSA) is 32.3 Å². The molecule has 2 aromatic carbocycles. The van der Waals surface area contributed by atoms with Gasteiger partial charge < -0.3 is 10.2 Å². The first kappa shape index (κ1) is 16.7. The van der Waals surface area contributed by atoms with E-state index >= 15 is 0 Å². The minimum atomic E-state index is -0.0635. The maximum atomic E-state index is 12.3. The Kier molecular flexibility index (Phi) is 5.75. The summed E-state index contributed by atoms with van der Waals surface area (Å²) in [6.07, 6.45) is 0. The number of hydrogen-bond donors (Lipinski definition) is 1. The second-order valence-corrected chi connectivity index (χ2v) is 6.43. The summed E-state index contributed by atoms with van der Waals surface area (Å²) < 4.78 is 0.809. The lowest BCUT2D eigenvalue weighted by atomic mass is 10.0. The molecule has 0 fully saturated rings. The predicted molar refractivity (Wildman–Crippen MR) is 94.1 cm³/mol. The molecule has 0 saturated carbocycles. The van der Waals surface area contributed by atoms with Crippen LogP contribution in [0.4, 0.5) is 0 Å². The lowest BCUT2D eigenvalue weighted by Crippen LogP contribution is -2.34. The second kappa shape index (κ2) is 7.56. The standard InChI is InChI=1S/C18H21BrN2O/c1-13-8-10-14(11-9-13)17(21(2)3)12-20-18(22)15-6-4-5-7-16(15)19/h4-11,17H,12H2,1-3H3,(H,20,22)/t17-/m0/s1. The molecule has 0 spiro atoms. The minimum absolute atomic E-state index is 0.0635. The number of halogens is 1. The molecule has 1 atom stereocenters. The molecule has 1 amide bonds. The molecular weight excluding hydrogens is 340 g/mol. The Bertz CT molecular complexity index is 638. The first-order chi connectivity index (χ1) is 10.5. The maximum absolute atomic E-state index is 12.3. The number of nitrogens with one attached hydrogen (secondary N) is 1. The van der Waals surface area contributed by atoms with Gasteiger partial charge in [-0.3, -0.25) is 4.79 Å². The molecule has 4 heteroatoms. The van der Waals surface area contributed by atoms with E-state index in [1.165, 1.54) is 11.1 Å². The fourth-order valence-electron chi connectivity index (χ4n) is 2.32. The van der Waals surface area contributed by atoms with Gasteiger partial charge in [-0.1, -0.05) is 42.0 Å². The zero-order chi connectivity index (χ0) is 16.1. The SMILES string of the molecule is Cc1ccc([C@H](CNC(=O)c2ccccc2Br)N(C)C)cc1. The molecule has 0 aliphatic heterocycles. The molecule has 0 aliphatic rings. The van der Waals surface area contributed by atoms with Crippen LogP contribution in [-0.2, 0) is 0 Å². The van der Waals surface area contributed by atoms with Gasteiger partial charge in [0, 0.05) is 11.0 Å². The molecule has 3 nitrogen and oxygen atoms in total. The summed E-state index contributed by atoms with van der Waals surface area (Å²) in [6.45, 7) is 2.64. The van der Waals surface area contributed by atoms with Crippen molar-refractivity contribution in [1.29, 1.82) is 0 Å². The predicted octanol–water partition coefficient (Wildman–Crippen LogP) is 3.79. The quantitative estimate of drug-likeness (QED) is 0.879. The first-order valence-electron chi connectivity index (χ1n) is 7.24. The number of nitrogens with zero attached hydrogens (tertiary/aromatic N) is 1. The average molecular weight is 361 g/mol. The van der Waals surface area contributed by atoms with Gasteiger partial charge in [0.15, 0.2) is 0 Å². The van der Waals surface area contributed by atoms with E-state index in [9.17, 15) is 4.79 Å². The Morgan fingerprint density at radius 3 is 2.36 bits per heavy atom. The van der Waals surface area contributed by atoms with Crippen molar-refractivity contribution in [2.45, 2.75) is 13.0 Å². The molecular formula is C18H21BrN2O. The highest BCUT2D eigenvalue weighted by Gasteiger charge is 2.16. The summed E-state index contributed by atoms with van der Waals surface area (Å²) in [7, 11) is 4.05. The van der Waals surface area contributed by atoms with Gasteiger partial charge in [0.1, 0.15) is 0 Å². The second-order valence-electron chi connectivity index (χ2n) is 5.58. The molecule has 0 bridgehead atoms. The van der Waals surface area contributed by atoms with Crippen molar-refractivity contribution in [3.8, 4) is 0 Å². The van der Waals surface area contributed by atoms with Crippen molar-refractivity contribution in [3.05, 3.63) is 69.7 Å². The Labute approximate surface area is 140 Å². The summed E-state index contributed by atoms with van der Waals surface area (Å²) in [5, 5.41) is 3.02. The number of amides is 1. The fourth-order valence-corrected chi connectivity index (χ4v) is 2.78. The Morgan fingerprint density at radius 1 is 1.14 bits per heavy atom. The van der Waals surface area contributed by atoms with Gasteiger partial charge >= 0.3 is 0 Å². The van der Waals surface area contributed by atoms with Gasteiger partial charge in [0.25, 0.3) is 5.91 Å². The van der Waals surface area contributed by atoms with E-state index in [1.807, 2.05) is 38.4 Å². The monoisotopic (exact) mass is 360 g/mol. The van der Waals surface area contributed by atoms with Crippen LogP contribution >= 0.6 is 15.9 Å². The van der Waals surface area contributed by atoms with Gasteiger partial charge in [0.05, 0.1) is 11.6 Å². The van der Waals surface area contributed by atoms with Crippen molar-refractivity contribution in [1.82, 2.24) is 10.2 Å². The van der Waals surface area contributed by atoms with E-state index in [0.717, 1.165) is 4.47 Å². The maximum Gasteiger partial charge on any atom is 0.252 e. The van der Waals surface area contributed by atoms with E-state index in [-0.39, 0.29) is 11.9 Å². The molecule has 0 unspecified atom stereocenters. The van der Waals surface area contributed by atoms with Gasteiger partial charge in [-0.15, -0.1) is 0 Å². The van der Waals surface area contributed by atoms with Crippen molar-refractivity contribution in [2.24, 2.45) is 0 Å². The van der Waals surface area contributed by atoms with Crippen molar-refractivity contribution < 1.29 is 4.79 Å². The average Bonchev–Trinajstić information content (AvgIpc) is 2.49. The van der Waals surface area contributed by atoms with Crippen LogP contribution in [0, 0.1) is 6.92 Å². The Morgan fingerprint density at radius 2 is 1.77 bits per heavy atom. The third-order valence-electron chi connectivity index (χ3n) is 3.66. The highest BCUT2D eigenvalue weighted by Crippen LogP contribution is 2.19. The van der Waals surface area contributed by atoms with Crippen LogP contribution in [0.2, 0.25) is 0 Å². The van der Waals surface area contributed by atoms with E-state index in [0.29, 0.717) is 12.1 Å². The van der Waals surface area contributed by atoms with Crippen LogP contribution in [0.25, 0.3) is 0 Å². The molecule has 22 heavy (non-hydrogen) atoms. The summed E-state index contributed by atoms with van der Waals surface area (Å²) in [5.41, 5.74) is 3.09. The number of aryl methyl sites for hydroxylation is 1. The molecule has 0 radical (unpaired) electrons. The van der Waals surface area contributed by atoms with Crippen LogP contribution in [0.15, 0.2) is 53.0 Å². The number of hydrogen-bond acceptors (Lipinski definition) is 2. The summed E-state index contributed by atoms with van der Waals surface area (Å²) in [4.78, 5) is 14.4. The van der Waals surface area contributed by atoms with E-state index < -0.39 is 0 Å². The zero-order valence-electron chi connectivity index (χ0n) is 13.1. The van der Waals surface area contributed by atoms with Crippen molar-refractivity contribution in [2.75, 3.05) is 20.6 Å². The van der Waals surface area contributed by atoms with E-state index in [2.05, 4.69) is 57.3 Å². The first-order valence-corrected chi connectivity index (χ1v) is 8.04. The van der Waals surface area contributed by atoms with Gasteiger partial charge in [-0.2, -0.15) is 0 Å². The number of carbonyl (C=O) groups is 1. The number of carbonyl (C=O) groups excluding carboxylic acids is 1. The molecule has 2 rings (SSSR count). The molecule has 1 N–H and O–H groups in total. The van der Waals surface area contributed by atoms with Crippen LogP contribution in [-0.4, -0.2) is 31.4 Å². The van der Waals surface area contributed by atoms with E-state index in [4.69, 9.17) is 0 Å². The van der Waals surface area contributed by atoms with Gasteiger partial charge in [-0.05, 0) is 54.6 Å². The summed E-state index contributed by atoms with van der Waals surface area (Å²) in [5.74, 6) is -0.0635. The Balaban J connectivity index is 2.08. The van der Waals surface area contributed by atoms with Crippen LogP contribution in [0.1, 0.15) is 27.5 Å². The molecule has 0 aliphatic carbocycles. The zero-order valence-corrected chi connectivity index (χ0v) is 14.7. The molecule has 116 valence electrons. The van der Waals surface area contributed by atoms with Crippen LogP contribution < -0.4 is 5.32 Å². The third kappa shape index (κ3) is 4.18. The molecule has 0 saturated heterocycles. The normalized spacial score (nSPS) is 12.2. The highest BCUT2D eigenvalue weighted by atomic mass is 79.9. The molecule has 0 aromatic heterocycles. The highest BCUT2D eigenvalue weighted by molar-refractivity contribution is 9.10. The largest absolute Gasteiger partial charge is 0.350 e. The fraction of sp³-hybridized carbons (Fsp3) is 0.278. The summed E-state index contributed by atoms with van der Waals surface area (Å²) in [6, 6.07) is 16.0. The molecule has 0 heterocycles. The van der Waals surface area contributed by atoms with Crippen LogP contribution in [0.3, 0.4) is 0 Å². The smallest absolute Gasteiger partial charge is 0.252 e.